The molecule has 0 aromatic carbocycles. The highest BCUT2D eigenvalue weighted by Crippen LogP contribution is 2.25. The summed E-state index contributed by atoms with van der Waals surface area (Å²) >= 11 is 1.26. The van der Waals surface area contributed by atoms with Crippen molar-refractivity contribution in [1.29, 1.82) is 0 Å². The van der Waals surface area contributed by atoms with Gasteiger partial charge < -0.3 is 9.88 Å². The number of hydrogen-bond acceptors (Lipinski definition) is 6. The molecule has 27 heavy (non-hydrogen) atoms. The molecule has 2 N–H and O–H groups in total. The van der Waals surface area contributed by atoms with Crippen molar-refractivity contribution in [2.24, 2.45) is 7.05 Å². The van der Waals surface area contributed by atoms with E-state index in [0.717, 1.165) is 31.2 Å². The number of nitrogens with zero attached hydrogens (tertiary/aromatic N) is 4. The van der Waals surface area contributed by atoms with E-state index < -0.39 is 11.3 Å². The Bertz CT molecular complexity index is 788. The van der Waals surface area contributed by atoms with E-state index >= 15 is 0 Å². The fourth-order valence-electron chi connectivity index (χ4n) is 3.06. The second kappa shape index (κ2) is 8.98. The van der Waals surface area contributed by atoms with Crippen LogP contribution < -0.4 is 10.6 Å². The van der Waals surface area contributed by atoms with Crippen LogP contribution in [-0.4, -0.2) is 43.0 Å². The van der Waals surface area contributed by atoms with Crippen molar-refractivity contribution in [2.75, 3.05) is 0 Å². The maximum absolute atomic E-state index is 12.3. The van der Waals surface area contributed by atoms with Gasteiger partial charge in [-0.05, 0) is 31.9 Å². The van der Waals surface area contributed by atoms with Crippen molar-refractivity contribution in [3.05, 3.63) is 24.5 Å². The molecular weight excluding hydrogens is 364 g/mol. The first kappa shape index (κ1) is 19.3. The van der Waals surface area contributed by atoms with Crippen molar-refractivity contribution < 1.29 is 9.59 Å². The summed E-state index contributed by atoms with van der Waals surface area (Å²) in [5, 5.41) is 13.8. The Morgan fingerprint density at radius 2 is 1.89 bits per heavy atom. The monoisotopic (exact) mass is 388 g/mol. The molecule has 1 saturated carbocycles. The average molecular weight is 388 g/mol. The lowest BCUT2D eigenvalue weighted by Crippen LogP contribution is -2.47. The van der Waals surface area contributed by atoms with Gasteiger partial charge >= 0.3 is 6.03 Å². The maximum atomic E-state index is 12.3. The Labute approximate surface area is 162 Å². The number of carbonyl (C=O) groups excluding carboxylic acids is 2. The highest BCUT2D eigenvalue weighted by molar-refractivity contribution is 8.00. The van der Waals surface area contributed by atoms with Crippen LogP contribution in [0.4, 0.5) is 4.79 Å². The second-order valence-corrected chi connectivity index (χ2v) is 7.97. The Morgan fingerprint density at radius 3 is 2.59 bits per heavy atom. The van der Waals surface area contributed by atoms with Crippen LogP contribution in [0.3, 0.4) is 0 Å². The zero-order valence-electron chi connectivity index (χ0n) is 15.5. The number of pyridine rings is 1. The fraction of sp³-hybridized carbons (Fsp3) is 0.500. The first-order valence-corrected chi connectivity index (χ1v) is 10.0. The number of rotatable bonds is 5. The zero-order chi connectivity index (χ0) is 19.2. The molecule has 3 rings (SSSR count). The second-order valence-electron chi connectivity index (χ2n) is 6.66. The summed E-state index contributed by atoms with van der Waals surface area (Å²) in [6.07, 6.45) is 8.79. The lowest BCUT2D eigenvalue weighted by molar-refractivity contribution is -0.119. The number of hydrogen-bond donors (Lipinski definition) is 2. The molecule has 144 valence electrons. The first-order valence-electron chi connectivity index (χ1n) is 9.12. The van der Waals surface area contributed by atoms with E-state index in [4.69, 9.17) is 0 Å². The van der Waals surface area contributed by atoms with Crippen LogP contribution in [-0.2, 0) is 11.8 Å². The molecule has 1 aliphatic rings. The fourth-order valence-corrected chi connectivity index (χ4v) is 3.88. The van der Waals surface area contributed by atoms with Crippen LogP contribution in [0.1, 0.15) is 39.0 Å². The number of amides is 3. The Hall–Kier alpha value is -2.42. The van der Waals surface area contributed by atoms with Gasteiger partial charge in [-0.1, -0.05) is 31.0 Å². The third-order valence-corrected chi connectivity index (χ3v) is 5.74. The smallest absolute Gasteiger partial charge is 0.321 e. The van der Waals surface area contributed by atoms with Crippen molar-refractivity contribution >= 4 is 23.7 Å². The van der Waals surface area contributed by atoms with Gasteiger partial charge in [0.15, 0.2) is 11.0 Å². The van der Waals surface area contributed by atoms with Crippen molar-refractivity contribution in [1.82, 2.24) is 30.4 Å². The van der Waals surface area contributed by atoms with E-state index in [1.54, 1.807) is 19.3 Å². The molecule has 0 radical (unpaired) electrons. The van der Waals surface area contributed by atoms with Gasteiger partial charge in [0.25, 0.3) is 0 Å². The lowest BCUT2D eigenvalue weighted by atomic mass is 9.96. The van der Waals surface area contributed by atoms with Gasteiger partial charge in [-0.25, -0.2) is 4.79 Å². The number of aromatic nitrogens is 4. The minimum absolute atomic E-state index is 0.163. The molecule has 1 atom stereocenters. The van der Waals surface area contributed by atoms with Crippen LogP contribution in [0.5, 0.6) is 0 Å². The standard InChI is InChI=1S/C18H24N6O2S/c1-12(16(25)21-17(26)20-14-6-4-3-5-7-14)27-18-23-22-15(24(18)2)13-8-10-19-11-9-13/h8-12,14H,3-7H2,1-2H3,(H2,20,21,25,26)/t12-/m0/s1. The summed E-state index contributed by atoms with van der Waals surface area (Å²) in [6, 6.07) is 3.44. The van der Waals surface area contributed by atoms with Gasteiger partial charge in [-0.3, -0.25) is 15.1 Å². The Balaban J connectivity index is 1.55. The molecule has 3 amide bonds. The topological polar surface area (TPSA) is 102 Å². The molecular formula is C18H24N6O2S. The molecule has 8 nitrogen and oxygen atoms in total. The number of thioether (sulfide) groups is 1. The number of carbonyl (C=O) groups is 2. The highest BCUT2D eigenvalue weighted by atomic mass is 32.2. The van der Waals surface area contributed by atoms with Crippen molar-refractivity contribution in [2.45, 2.75) is 55.5 Å². The normalized spacial score (nSPS) is 15.9. The minimum atomic E-state index is -0.477. The third-order valence-electron chi connectivity index (χ3n) is 4.60. The molecule has 2 aromatic rings. The Kier molecular flexibility index (Phi) is 6.44. The molecule has 2 aromatic heterocycles. The quantitative estimate of drug-likeness (QED) is 0.763. The molecule has 1 fully saturated rings. The molecule has 9 heteroatoms. The van der Waals surface area contributed by atoms with Crippen molar-refractivity contribution in [3.63, 3.8) is 0 Å². The molecule has 2 heterocycles. The molecule has 0 unspecified atom stereocenters. The van der Waals surface area contributed by atoms with Gasteiger partial charge in [0.1, 0.15) is 0 Å². The summed E-state index contributed by atoms with van der Waals surface area (Å²) in [5.74, 6) is 0.351. The van der Waals surface area contributed by atoms with Crippen LogP contribution in [0, 0.1) is 0 Å². The summed E-state index contributed by atoms with van der Waals surface area (Å²) in [6.45, 7) is 1.74. The number of imide groups is 1. The van der Waals surface area contributed by atoms with Gasteiger partial charge in [0, 0.05) is 31.0 Å². The zero-order valence-corrected chi connectivity index (χ0v) is 16.3. The van der Waals surface area contributed by atoms with E-state index in [1.807, 2.05) is 23.7 Å². The van der Waals surface area contributed by atoms with E-state index in [2.05, 4.69) is 25.8 Å². The SMILES string of the molecule is C[C@H](Sc1nnc(-c2ccncc2)n1C)C(=O)NC(=O)NC1CCCCC1. The largest absolute Gasteiger partial charge is 0.335 e. The van der Waals surface area contributed by atoms with E-state index in [-0.39, 0.29) is 11.9 Å². The molecule has 1 aliphatic carbocycles. The van der Waals surface area contributed by atoms with Gasteiger partial charge in [-0.2, -0.15) is 0 Å². The average Bonchev–Trinajstić information content (AvgIpc) is 3.03. The van der Waals surface area contributed by atoms with E-state index in [1.165, 1.54) is 18.2 Å². The summed E-state index contributed by atoms with van der Waals surface area (Å²) < 4.78 is 1.83. The highest BCUT2D eigenvalue weighted by Gasteiger charge is 2.22. The van der Waals surface area contributed by atoms with Crippen LogP contribution >= 0.6 is 11.8 Å². The van der Waals surface area contributed by atoms with Crippen LogP contribution in [0.15, 0.2) is 29.7 Å². The molecule has 0 saturated heterocycles. The summed E-state index contributed by atoms with van der Waals surface area (Å²) in [5.41, 5.74) is 0.899. The number of urea groups is 1. The third kappa shape index (κ3) is 5.06. The van der Waals surface area contributed by atoms with Crippen LogP contribution in [0.2, 0.25) is 0 Å². The first-order chi connectivity index (χ1) is 13.0. The predicted octanol–water partition coefficient (Wildman–Crippen LogP) is 2.52. The summed E-state index contributed by atoms with van der Waals surface area (Å²) in [4.78, 5) is 28.4. The van der Waals surface area contributed by atoms with E-state index in [9.17, 15) is 9.59 Å². The van der Waals surface area contributed by atoms with E-state index in [0.29, 0.717) is 11.0 Å². The van der Waals surface area contributed by atoms with Gasteiger partial charge in [0.05, 0.1) is 5.25 Å². The van der Waals surface area contributed by atoms with Gasteiger partial charge in [0.2, 0.25) is 5.91 Å². The molecule has 0 spiro atoms. The van der Waals surface area contributed by atoms with Crippen LogP contribution in [0.25, 0.3) is 11.4 Å². The Morgan fingerprint density at radius 1 is 1.19 bits per heavy atom. The molecule has 0 aliphatic heterocycles. The minimum Gasteiger partial charge on any atom is -0.335 e. The number of nitrogens with one attached hydrogen (secondary N) is 2. The van der Waals surface area contributed by atoms with Gasteiger partial charge in [-0.15, -0.1) is 10.2 Å². The lowest BCUT2D eigenvalue weighted by Gasteiger charge is -2.23. The predicted molar refractivity (Wildman–Crippen MR) is 103 cm³/mol. The summed E-state index contributed by atoms with van der Waals surface area (Å²) in [7, 11) is 1.85. The van der Waals surface area contributed by atoms with Crippen molar-refractivity contribution in [3.8, 4) is 11.4 Å². The molecule has 0 bridgehead atoms. The maximum Gasteiger partial charge on any atom is 0.321 e.